The number of hydrogen-bond acceptors (Lipinski definition) is 2. The smallest absolute Gasteiger partial charge is 0.0466 e. The van der Waals surface area contributed by atoms with Crippen LogP contribution in [0.25, 0.3) is 0 Å². The molecule has 2 heterocycles. The fourth-order valence-electron chi connectivity index (χ4n) is 2.02. The molecule has 2 aliphatic heterocycles. The largest absolute Gasteiger partial charge is 0.381 e. The highest BCUT2D eigenvalue weighted by atomic mass is 16.5. The maximum Gasteiger partial charge on any atom is 0.0466 e. The van der Waals surface area contributed by atoms with Crippen LogP contribution in [-0.2, 0) is 4.74 Å². The van der Waals surface area contributed by atoms with Crippen molar-refractivity contribution < 1.29 is 4.74 Å². The van der Waals surface area contributed by atoms with Gasteiger partial charge in [-0.2, -0.15) is 0 Å². The highest BCUT2D eigenvalue weighted by Crippen LogP contribution is 2.15. The zero-order valence-electron chi connectivity index (χ0n) is 10.1. The van der Waals surface area contributed by atoms with Crippen molar-refractivity contribution >= 4 is 0 Å². The molecule has 3 aliphatic rings. The second-order valence-electron chi connectivity index (χ2n) is 4.54. The number of rotatable bonds is 0. The van der Waals surface area contributed by atoms with Crippen LogP contribution in [-0.4, -0.2) is 26.3 Å². The maximum atomic E-state index is 4.94. The van der Waals surface area contributed by atoms with Gasteiger partial charge >= 0.3 is 0 Å². The molecule has 0 aromatic heterocycles. The first-order valence-corrected chi connectivity index (χ1v) is 6.78. The van der Waals surface area contributed by atoms with Gasteiger partial charge in [0.05, 0.1) is 0 Å². The van der Waals surface area contributed by atoms with Crippen LogP contribution in [0.3, 0.4) is 0 Å². The van der Waals surface area contributed by atoms with E-state index in [-0.39, 0.29) is 14.9 Å². The van der Waals surface area contributed by atoms with Crippen molar-refractivity contribution in [2.75, 3.05) is 26.3 Å². The lowest BCUT2D eigenvalue weighted by atomic mass is 10.4. The van der Waals surface area contributed by atoms with Crippen molar-refractivity contribution in [3.63, 3.8) is 0 Å². The third-order valence-electron chi connectivity index (χ3n) is 3.03. The Kier molecular flexibility index (Phi) is 18.0. The highest BCUT2D eigenvalue weighted by molar-refractivity contribution is 4.55. The number of ether oxygens (including phenoxy) is 1. The van der Waals surface area contributed by atoms with E-state index >= 15 is 0 Å². The minimum Gasteiger partial charge on any atom is -0.381 e. The van der Waals surface area contributed by atoms with Gasteiger partial charge in [-0.25, -0.2) is 0 Å². The van der Waals surface area contributed by atoms with Gasteiger partial charge in [-0.3, -0.25) is 0 Å². The van der Waals surface area contributed by atoms with E-state index in [4.69, 9.17) is 4.74 Å². The summed E-state index contributed by atoms with van der Waals surface area (Å²) >= 11 is 0. The zero-order chi connectivity index (χ0) is 10.6. The Labute approximate surface area is 110 Å². The summed E-state index contributed by atoms with van der Waals surface area (Å²) in [6.45, 7) is 4.50. The van der Waals surface area contributed by atoms with Crippen LogP contribution in [0, 0.1) is 0 Å². The van der Waals surface area contributed by atoms with Crippen molar-refractivity contribution in [3.05, 3.63) is 0 Å². The summed E-state index contributed by atoms with van der Waals surface area (Å²) in [4.78, 5) is 0. The van der Waals surface area contributed by atoms with Gasteiger partial charge in [-0.1, -0.05) is 47.0 Å². The summed E-state index contributed by atoms with van der Waals surface area (Å²) < 4.78 is 4.94. The van der Waals surface area contributed by atoms with E-state index in [9.17, 15) is 0 Å². The van der Waals surface area contributed by atoms with Crippen molar-refractivity contribution in [2.45, 2.75) is 72.6 Å². The van der Waals surface area contributed by atoms with Gasteiger partial charge in [-0.05, 0) is 38.8 Å². The monoisotopic (exact) mass is 245 g/mol. The van der Waals surface area contributed by atoms with E-state index in [0.29, 0.717) is 0 Å². The van der Waals surface area contributed by atoms with Crippen molar-refractivity contribution in [3.8, 4) is 0 Å². The standard InChI is InChI=1S/C5H10.C4H9N.C4H8O.2CH4/c3*1-2-4-5-3-1;;/h1-5H2;5H,1-4H2;1-4H2;2*1H4. The van der Waals surface area contributed by atoms with E-state index in [2.05, 4.69) is 5.32 Å². The molecule has 1 saturated carbocycles. The Morgan fingerprint density at radius 1 is 0.529 bits per heavy atom. The van der Waals surface area contributed by atoms with Crippen LogP contribution in [0.4, 0.5) is 0 Å². The molecule has 0 bridgehead atoms. The summed E-state index contributed by atoms with van der Waals surface area (Å²) in [6.07, 6.45) is 12.8. The van der Waals surface area contributed by atoms with Gasteiger partial charge in [0, 0.05) is 13.2 Å². The summed E-state index contributed by atoms with van der Waals surface area (Å²) in [5.41, 5.74) is 0. The minimum atomic E-state index is 0. The third kappa shape index (κ3) is 13.9. The van der Waals surface area contributed by atoms with Crippen LogP contribution in [0.15, 0.2) is 0 Å². The molecule has 0 amide bonds. The fraction of sp³-hybridized carbons (Fsp3) is 1.00. The average molecular weight is 245 g/mol. The molecule has 1 aliphatic carbocycles. The van der Waals surface area contributed by atoms with Gasteiger partial charge in [0.1, 0.15) is 0 Å². The van der Waals surface area contributed by atoms with Crippen LogP contribution < -0.4 is 5.32 Å². The quantitative estimate of drug-likeness (QED) is 0.683. The molecule has 2 nitrogen and oxygen atoms in total. The lowest BCUT2D eigenvalue weighted by Crippen LogP contribution is -2.03. The molecule has 0 aromatic carbocycles. The molecule has 0 unspecified atom stereocenters. The van der Waals surface area contributed by atoms with E-state index in [1.54, 1.807) is 0 Å². The van der Waals surface area contributed by atoms with Crippen LogP contribution >= 0.6 is 0 Å². The molecule has 17 heavy (non-hydrogen) atoms. The fourth-order valence-corrected chi connectivity index (χ4v) is 2.02. The third-order valence-corrected chi connectivity index (χ3v) is 3.03. The molecule has 3 fully saturated rings. The first-order chi connectivity index (χ1) is 7.50. The summed E-state index contributed by atoms with van der Waals surface area (Å²) in [6, 6.07) is 0. The second-order valence-corrected chi connectivity index (χ2v) is 4.54. The Morgan fingerprint density at radius 2 is 0.941 bits per heavy atom. The molecule has 0 radical (unpaired) electrons. The Balaban J connectivity index is 0. The predicted molar refractivity (Wildman–Crippen MR) is 78.7 cm³/mol. The lowest BCUT2D eigenvalue weighted by molar-refractivity contribution is 0.198. The van der Waals surface area contributed by atoms with E-state index in [0.717, 1.165) is 13.2 Å². The van der Waals surface area contributed by atoms with Gasteiger partial charge in [0.25, 0.3) is 0 Å². The van der Waals surface area contributed by atoms with E-state index in [1.807, 2.05) is 0 Å². The molecule has 1 N–H and O–H groups in total. The second kappa shape index (κ2) is 15.9. The van der Waals surface area contributed by atoms with Crippen LogP contribution in [0.5, 0.6) is 0 Å². The van der Waals surface area contributed by atoms with E-state index in [1.165, 1.54) is 70.9 Å². The van der Waals surface area contributed by atoms with Crippen molar-refractivity contribution in [1.29, 1.82) is 0 Å². The normalized spacial score (nSPS) is 21.2. The Morgan fingerprint density at radius 3 is 1.12 bits per heavy atom. The molecule has 3 rings (SSSR count). The molecule has 0 atom stereocenters. The SMILES string of the molecule is C.C.C1CCCC1.C1CCNC1.C1CCOC1. The molecule has 2 heteroatoms. The Bertz CT molecular complexity index is 69.5. The van der Waals surface area contributed by atoms with Crippen molar-refractivity contribution in [2.24, 2.45) is 0 Å². The zero-order valence-corrected chi connectivity index (χ0v) is 10.1. The molecule has 2 saturated heterocycles. The average Bonchev–Trinajstić information content (AvgIpc) is 3.09. The molecular weight excluding hydrogens is 210 g/mol. The van der Waals surface area contributed by atoms with Gasteiger partial charge in [0.2, 0.25) is 0 Å². The Hall–Kier alpha value is -0.0800. The summed E-state index contributed by atoms with van der Waals surface area (Å²) in [5, 5.41) is 3.22. The van der Waals surface area contributed by atoms with Gasteiger partial charge in [-0.15, -0.1) is 0 Å². The highest BCUT2D eigenvalue weighted by Gasteiger charge is 1.95. The van der Waals surface area contributed by atoms with Gasteiger partial charge < -0.3 is 10.1 Å². The van der Waals surface area contributed by atoms with E-state index < -0.39 is 0 Å². The maximum absolute atomic E-state index is 4.94. The van der Waals surface area contributed by atoms with Crippen LogP contribution in [0.1, 0.15) is 72.6 Å². The summed E-state index contributed by atoms with van der Waals surface area (Å²) in [7, 11) is 0. The number of nitrogens with one attached hydrogen (secondary N) is 1. The topological polar surface area (TPSA) is 21.3 Å². The molecule has 106 valence electrons. The van der Waals surface area contributed by atoms with Crippen LogP contribution in [0.2, 0.25) is 0 Å². The summed E-state index contributed by atoms with van der Waals surface area (Å²) in [5.74, 6) is 0. The van der Waals surface area contributed by atoms with Crippen molar-refractivity contribution in [1.82, 2.24) is 5.32 Å². The first kappa shape index (κ1) is 19.3. The minimum absolute atomic E-state index is 0. The van der Waals surface area contributed by atoms with Gasteiger partial charge in [0.15, 0.2) is 0 Å². The molecule has 0 spiro atoms. The molecule has 0 aromatic rings. The number of hydrogen-bond donors (Lipinski definition) is 1. The first-order valence-electron chi connectivity index (χ1n) is 6.78. The predicted octanol–water partition coefficient (Wildman–Crippen LogP) is 4.39. The molecular formula is C15H35NO. The lowest BCUT2D eigenvalue weighted by Gasteiger charge is -1.76.